The topological polar surface area (TPSA) is 17.1 Å². The molecule has 0 fully saturated rings. The Morgan fingerprint density at radius 2 is 1.20 bits per heavy atom. The second-order valence-electron chi connectivity index (χ2n) is 5.22. The van der Waals surface area contributed by atoms with E-state index in [4.69, 9.17) is 0 Å². The zero-order valence-electron chi connectivity index (χ0n) is 10.0. The molecular formula is C9H19F2OPS2. The van der Waals surface area contributed by atoms with Gasteiger partial charge in [-0.15, -0.1) is 0 Å². The third-order valence-corrected chi connectivity index (χ3v) is 10.2. The molecule has 0 aliphatic heterocycles. The van der Waals surface area contributed by atoms with Gasteiger partial charge in [-0.05, 0) is 0 Å². The second-order valence-corrected chi connectivity index (χ2v) is 14.6. The van der Waals surface area contributed by atoms with Crippen LogP contribution in [0, 0.1) is 0 Å². The van der Waals surface area contributed by atoms with E-state index in [-0.39, 0.29) is 0 Å². The van der Waals surface area contributed by atoms with E-state index in [0.29, 0.717) is 0 Å². The number of alkyl halides is 2. The van der Waals surface area contributed by atoms with E-state index < -0.39 is 21.2 Å². The smallest absolute Gasteiger partial charge is 0.294 e. The molecular weight excluding hydrogens is 257 g/mol. The van der Waals surface area contributed by atoms with Crippen LogP contribution in [0.3, 0.4) is 0 Å². The quantitative estimate of drug-likeness (QED) is 0.637. The average Bonchev–Trinajstić information content (AvgIpc) is 1.75. The van der Waals surface area contributed by atoms with Crippen molar-refractivity contribution in [1.82, 2.24) is 0 Å². The molecule has 0 saturated heterocycles. The Hall–Kier alpha value is 0.790. The van der Waals surface area contributed by atoms with Gasteiger partial charge in [0.05, 0.1) is 0 Å². The minimum atomic E-state index is -3.53. The Kier molecular flexibility index (Phi) is 5.23. The molecule has 0 rings (SSSR count). The molecule has 0 heterocycles. The summed E-state index contributed by atoms with van der Waals surface area (Å²) in [6.07, 6.45) is -2.76. The molecule has 0 spiro atoms. The molecule has 0 aromatic carbocycles. The molecule has 15 heavy (non-hydrogen) atoms. The Labute approximate surface area is 99.0 Å². The monoisotopic (exact) mass is 276 g/mol. The van der Waals surface area contributed by atoms with Gasteiger partial charge in [0, 0.05) is 9.49 Å². The lowest BCUT2D eigenvalue weighted by molar-refractivity contribution is 0.240. The van der Waals surface area contributed by atoms with E-state index in [1.165, 1.54) is 0 Å². The van der Waals surface area contributed by atoms with E-state index in [1.54, 1.807) is 41.5 Å². The second kappa shape index (κ2) is 4.97. The van der Waals surface area contributed by atoms with Crippen molar-refractivity contribution in [2.75, 3.05) is 0 Å². The van der Waals surface area contributed by atoms with Crippen molar-refractivity contribution in [3.63, 3.8) is 0 Å². The Bertz CT molecular complexity index is 236. The van der Waals surface area contributed by atoms with Crippen molar-refractivity contribution in [1.29, 1.82) is 0 Å². The summed E-state index contributed by atoms with van der Waals surface area (Å²) in [5.74, 6) is 0. The highest BCUT2D eigenvalue weighted by atomic mass is 33.1. The molecule has 0 amide bonds. The predicted octanol–water partition coefficient (Wildman–Crippen LogP) is 5.47. The highest BCUT2D eigenvalue weighted by molar-refractivity contribution is 8.91. The van der Waals surface area contributed by atoms with Crippen LogP contribution >= 0.6 is 28.3 Å². The van der Waals surface area contributed by atoms with Crippen molar-refractivity contribution < 1.29 is 13.3 Å². The van der Waals surface area contributed by atoms with Gasteiger partial charge in [-0.2, -0.15) is 8.78 Å². The van der Waals surface area contributed by atoms with Crippen LogP contribution in [0.5, 0.6) is 0 Å². The fourth-order valence-corrected chi connectivity index (χ4v) is 12.1. The first kappa shape index (κ1) is 15.8. The fourth-order valence-electron chi connectivity index (χ4n) is 0.862. The zero-order chi connectivity index (χ0) is 12.5. The van der Waals surface area contributed by atoms with Crippen LogP contribution in [0.2, 0.25) is 0 Å². The predicted molar refractivity (Wildman–Crippen MR) is 68.3 cm³/mol. The maximum Gasteiger partial charge on any atom is 0.307 e. The first-order chi connectivity index (χ1) is 6.36. The number of halogens is 2. The highest BCUT2D eigenvalue weighted by Gasteiger charge is 2.42. The number of hydrogen-bond donors (Lipinski definition) is 0. The fraction of sp³-hybridized carbons (Fsp3) is 1.00. The summed E-state index contributed by atoms with van der Waals surface area (Å²) in [5, 5.41) is 0. The van der Waals surface area contributed by atoms with E-state index in [2.05, 4.69) is 0 Å². The van der Waals surface area contributed by atoms with Gasteiger partial charge in [-0.25, -0.2) is 0 Å². The van der Waals surface area contributed by atoms with Crippen molar-refractivity contribution in [3.05, 3.63) is 0 Å². The third-order valence-electron chi connectivity index (χ3n) is 1.04. The highest BCUT2D eigenvalue weighted by Crippen LogP contribution is 2.78. The standard InChI is InChI=1S/C9H19F2OPS2/c1-8(2,3)14-13(12,7(10)11)15-9(4,5)6/h7H,1-6H3. The van der Waals surface area contributed by atoms with Crippen LogP contribution in [0.25, 0.3) is 0 Å². The molecule has 6 heteroatoms. The molecule has 0 radical (unpaired) electrons. The van der Waals surface area contributed by atoms with Gasteiger partial charge < -0.3 is 0 Å². The van der Waals surface area contributed by atoms with Crippen LogP contribution in [0.15, 0.2) is 0 Å². The molecule has 0 aromatic rings. The van der Waals surface area contributed by atoms with Crippen LogP contribution in [-0.2, 0) is 4.57 Å². The van der Waals surface area contributed by atoms with E-state index >= 15 is 0 Å². The summed E-state index contributed by atoms with van der Waals surface area (Å²) in [7, 11) is 0. The van der Waals surface area contributed by atoms with Gasteiger partial charge in [-0.1, -0.05) is 64.3 Å². The lowest BCUT2D eigenvalue weighted by Gasteiger charge is -2.29. The van der Waals surface area contributed by atoms with Gasteiger partial charge in [-0.3, -0.25) is 4.57 Å². The van der Waals surface area contributed by atoms with E-state index in [0.717, 1.165) is 22.8 Å². The molecule has 92 valence electrons. The van der Waals surface area contributed by atoms with Gasteiger partial charge in [0.2, 0.25) is 0 Å². The van der Waals surface area contributed by atoms with Crippen LogP contribution in [0.1, 0.15) is 41.5 Å². The molecule has 0 aliphatic carbocycles. The maximum absolute atomic E-state index is 12.8. The average molecular weight is 276 g/mol. The molecule has 0 unspecified atom stereocenters. The molecule has 0 aromatic heterocycles. The normalized spacial score (nSPS) is 14.7. The number of rotatable bonds is 3. The number of hydrogen-bond acceptors (Lipinski definition) is 3. The summed E-state index contributed by atoms with van der Waals surface area (Å²) in [6.45, 7) is 10.8. The van der Waals surface area contributed by atoms with Gasteiger partial charge in [0.15, 0.2) is 0 Å². The lowest BCUT2D eigenvalue weighted by atomic mass is 10.3. The Morgan fingerprint density at radius 3 is 1.33 bits per heavy atom. The molecule has 0 bridgehead atoms. The molecule has 0 saturated carbocycles. The van der Waals surface area contributed by atoms with Gasteiger partial charge >= 0.3 is 6.17 Å². The third kappa shape index (κ3) is 6.85. The molecule has 0 atom stereocenters. The summed E-state index contributed by atoms with van der Waals surface area (Å²) >= 11 is 1.82. The van der Waals surface area contributed by atoms with Gasteiger partial charge in [0.25, 0.3) is 5.55 Å². The minimum Gasteiger partial charge on any atom is -0.294 e. The Morgan fingerprint density at radius 1 is 0.933 bits per heavy atom. The summed E-state index contributed by atoms with van der Waals surface area (Å²) in [6, 6.07) is 0. The van der Waals surface area contributed by atoms with Gasteiger partial charge in [0.1, 0.15) is 0 Å². The van der Waals surface area contributed by atoms with E-state index in [9.17, 15) is 13.3 Å². The van der Waals surface area contributed by atoms with Crippen LogP contribution in [-0.4, -0.2) is 15.7 Å². The SMILES string of the molecule is CC(C)(C)SP(=O)(SC(C)(C)C)C(F)F. The summed E-state index contributed by atoms with van der Waals surface area (Å²) in [4.78, 5) is 0. The Balaban J connectivity index is 4.86. The van der Waals surface area contributed by atoms with Crippen molar-refractivity contribution in [2.45, 2.75) is 57.2 Å². The lowest BCUT2D eigenvalue weighted by Crippen LogP contribution is -2.12. The summed E-state index contributed by atoms with van der Waals surface area (Å²) < 4.78 is 37.0. The van der Waals surface area contributed by atoms with Crippen molar-refractivity contribution in [2.24, 2.45) is 0 Å². The minimum absolute atomic E-state index is 0.412. The largest absolute Gasteiger partial charge is 0.307 e. The first-order valence-electron chi connectivity index (χ1n) is 4.65. The summed E-state index contributed by atoms with van der Waals surface area (Å²) in [5.41, 5.74) is -3.53. The zero-order valence-corrected chi connectivity index (χ0v) is 12.5. The van der Waals surface area contributed by atoms with E-state index in [1.807, 2.05) is 0 Å². The molecule has 0 aliphatic rings. The maximum atomic E-state index is 12.8. The van der Waals surface area contributed by atoms with Crippen LogP contribution < -0.4 is 0 Å². The van der Waals surface area contributed by atoms with Crippen molar-refractivity contribution >= 4 is 28.3 Å². The molecule has 0 N–H and O–H groups in total. The molecule has 1 nitrogen and oxygen atoms in total. The van der Waals surface area contributed by atoms with Crippen LogP contribution in [0.4, 0.5) is 8.78 Å². The van der Waals surface area contributed by atoms with Crippen molar-refractivity contribution in [3.8, 4) is 0 Å². The first-order valence-corrected chi connectivity index (χ1v) is 9.27.